The van der Waals surface area contributed by atoms with Gasteiger partial charge in [-0.1, -0.05) is 0 Å². The van der Waals surface area contributed by atoms with E-state index in [4.69, 9.17) is 12.2 Å². The Morgan fingerprint density at radius 3 is 2.69 bits per heavy atom. The smallest absolute Gasteiger partial charge is 0.183 e. The van der Waals surface area contributed by atoms with Gasteiger partial charge in [0.25, 0.3) is 0 Å². The Bertz CT molecular complexity index is 428. The lowest BCUT2D eigenvalue weighted by Crippen LogP contribution is -2.30. The van der Waals surface area contributed by atoms with E-state index in [2.05, 4.69) is 5.92 Å². The van der Waals surface area contributed by atoms with Gasteiger partial charge in [-0.25, -0.2) is 8.78 Å². The average molecular weight is 246 g/mol. The van der Waals surface area contributed by atoms with Crippen LogP contribution in [0.4, 0.5) is 8.78 Å². The minimum atomic E-state index is -0.994. The van der Waals surface area contributed by atoms with Crippen LogP contribution in [0.2, 0.25) is 0 Å². The molecule has 1 aromatic carbocycles. The van der Waals surface area contributed by atoms with E-state index in [1.165, 1.54) is 0 Å². The quantitative estimate of drug-likeness (QED) is 0.653. The summed E-state index contributed by atoms with van der Waals surface area (Å²) in [7, 11) is 0. The molecule has 5 heteroatoms. The highest BCUT2D eigenvalue weighted by Gasteiger charge is 2.18. The van der Waals surface area contributed by atoms with Gasteiger partial charge in [0.1, 0.15) is 11.6 Å². The van der Waals surface area contributed by atoms with Crippen LogP contribution in [0.25, 0.3) is 0 Å². The van der Waals surface area contributed by atoms with E-state index >= 15 is 0 Å². The number of nitrogens with two attached hydrogens (primary N) is 1. The maximum atomic E-state index is 13.1. The summed E-state index contributed by atoms with van der Waals surface area (Å²) in [5, 5.41) is 0. The van der Waals surface area contributed by atoms with Gasteiger partial charge in [-0.3, -0.25) is 4.79 Å². The number of hydrogen-bond acceptors (Lipinski definition) is 2. The van der Waals surface area contributed by atoms with Crippen LogP contribution in [-0.4, -0.2) is 11.8 Å². The average Bonchev–Trinajstić information content (AvgIpc) is 2.21. The molecule has 0 saturated heterocycles. The minimum Gasteiger partial charge on any atom is -0.320 e. The van der Waals surface area contributed by atoms with Crippen molar-refractivity contribution in [2.75, 3.05) is 0 Å². The Hall–Kier alpha value is -1.44. The number of carbonyl (C=O) groups is 1. The van der Waals surface area contributed by atoms with Gasteiger partial charge in [0.05, 0.1) is 11.6 Å². The van der Waals surface area contributed by atoms with Crippen molar-refractivity contribution in [2.24, 2.45) is 5.73 Å². The number of carbonyl (C=O) groups excluding carboxylic acids is 1. The predicted molar refractivity (Wildman–Crippen MR) is 59.4 cm³/mol. The number of benzene rings is 1. The molecule has 1 unspecified atom stereocenters. The monoisotopic (exact) mass is 245 g/mol. The van der Waals surface area contributed by atoms with Crippen LogP contribution >= 0.6 is 12.4 Å². The lowest BCUT2D eigenvalue weighted by molar-refractivity contribution is 0.0958. The van der Waals surface area contributed by atoms with Crippen molar-refractivity contribution in [3.05, 3.63) is 35.4 Å². The second-order valence-corrected chi connectivity index (χ2v) is 3.00. The zero-order valence-electron chi connectivity index (χ0n) is 8.24. The lowest BCUT2D eigenvalue weighted by Gasteiger charge is -2.07. The summed E-state index contributed by atoms with van der Waals surface area (Å²) < 4.78 is 25.9. The van der Waals surface area contributed by atoms with E-state index in [1.54, 1.807) is 0 Å². The zero-order chi connectivity index (χ0) is 11.4. The molecule has 1 rings (SSSR count). The van der Waals surface area contributed by atoms with Crippen LogP contribution in [0.5, 0.6) is 0 Å². The van der Waals surface area contributed by atoms with Crippen molar-refractivity contribution in [3.8, 4) is 12.3 Å². The second-order valence-electron chi connectivity index (χ2n) is 3.00. The summed E-state index contributed by atoms with van der Waals surface area (Å²) in [6.07, 6.45) is 4.96. The number of hydrogen-bond donors (Lipinski definition) is 1. The first kappa shape index (κ1) is 14.6. The molecule has 0 aliphatic carbocycles. The summed E-state index contributed by atoms with van der Waals surface area (Å²) in [6, 6.07) is 1.63. The van der Waals surface area contributed by atoms with Crippen molar-refractivity contribution < 1.29 is 13.6 Å². The fraction of sp³-hybridized carbons (Fsp3) is 0.182. The van der Waals surface area contributed by atoms with Crippen LogP contribution in [0.15, 0.2) is 18.2 Å². The Morgan fingerprint density at radius 2 is 2.12 bits per heavy atom. The molecule has 0 saturated carbocycles. The van der Waals surface area contributed by atoms with Crippen molar-refractivity contribution in [3.63, 3.8) is 0 Å². The van der Waals surface area contributed by atoms with Crippen LogP contribution in [-0.2, 0) is 0 Å². The first-order chi connectivity index (χ1) is 7.06. The van der Waals surface area contributed by atoms with Gasteiger partial charge in [0.2, 0.25) is 0 Å². The van der Waals surface area contributed by atoms with E-state index in [0.29, 0.717) is 0 Å². The molecule has 2 N–H and O–H groups in total. The Kier molecular flexibility index (Phi) is 5.65. The maximum Gasteiger partial charge on any atom is 0.183 e. The van der Waals surface area contributed by atoms with Crippen LogP contribution in [0.1, 0.15) is 16.8 Å². The first-order valence-corrected chi connectivity index (χ1v) is 4.24. The topological polar surface area (TPSA) is 43.1 Å². The highest BCUT2D eigenvalue weighted by Crippen LogP contribution is 2.12. The lowest BCUT2D eigenvalue weighted by atomic mass is 10.0. The number of ketones is 1. The Morgan fingerprint density at radius 1 is 1.50 bits per heavy atom. The molecular weight excluding hydrogens is 236 g/mol. The van der Waals surface area contributed by atoms with E-state index in [1.807, 2.05) is 0 Å². The van der Waals surface area contributed by atoms with Crippen molar-refractivity contribution in [1.82, 2.24) is 0 Å². The molecule has 0 aliphatic rings. The SMILES string of the molecule is C#CCC(N)C(=O)c1cc(F)ccc1F.Cl. The zero-order valence-corrected chi connectivity index (χ0v) is 9.06. The second kappa shape index (κ2) is 6.21. The molecule has 0 aromatic heterocycles. The van der Waals surface area contributed by atoms with Crippen LogP contribution in [0.3, 0.4) is 0 Å². The summed E-state index contributed by atoms with van der Waals surface area (Å²) in [5.74, 6) is 0.0156. The molecule has 0 heterocycles. The highest BCUT2D eigenvalue weighted by atomic mass is 35.5. The molecule has 0 radical (unpaired) electrons. The van der Waals surface area contributed by atoms with Gasteiger partial charge >= 0.3 is 0 Å². The molecule has 0 aliphatic heterocycles. The molecule has 16 heavy (non-hydrogen) atoms. The molecule has 0 fully saturated rings. The fourth-order valence-corrected chi connectivity index (χ4v) is 1.11. The predicted octanol–water partition coefficient (Wildman–Crippen LogP) is 1.92. The summed E-state index contributed by atoms with van der Waals surface area (Å²) in [4.78, 5) is 11.5. The third kappa shape index (κ3) is 3.30. The maximum absolute atomic E-state index is 13.1. The Labute approximate surface area is 98.2 Å². The normalized spacial score (nSPS) is 11.1. The summed E-state index contributed by atoms with van der Waals surface area (Å²) in [6.45, 7) is 0. The first-order valence-electron chi connectivity index (χ1n) is 4.24. The van der Waals surface area contributed by atoms with Crippen molar-refractivity contribution in [1.29, 1.82) is 0 Å². The van der Waals surface area contributed by atoms with Gasteiger partial charge in [0, 0.05) is 6.42 Å². The van der Waals surface area contributed by atoms with E-state index in [-0.39, 0.29) is 24.4 Å². The highest BCUT2D eigenvalue weighted by molar-refractivity contribution is 6.00. The minimum absolute atomic E-state index is 0. The molecule has 2 nitrogen and oxygen atoms in total. The molecular formula is C11H10ClF2NO. The molecule has 0 amide bonds. The van der Waals surface area contributed by atoms with E-state index in [0.717, 1.165) is 18.2 Å². The Balaban J connectivity index is 0.00000225. The third-order valence-electron chi connectivity index (χ3n) is 1.87. The molecule has 0 spiro atoms. The van der Waals surface area contributed by atoms with Gasteiger partial charge in [-0.2, -0.15) is 0 Å². The van der Waals surface area contributed by atoms with Gasteiger partial charge in [-0.15, -0.1) is 24.8 Å². The van der Waals surface area contributed by atoms with Gasteiger partial charge in [0.15, 0.2) is 5.78 Å². The number of halogens is 3. The molecule has 86 valence electrons. The molecule has 0 bridgehead atoms. The van der Waals surface area contributed by atoms with E-state index in [9.17, 15) is 13.6 Å². The number of rotatable bonds is 3. The number of Topliss-reactive ketones (excluding diaryl/α,β-unsaturated/α-hetero) is 1. The van der Waals surface area contributed by atoms with Gasteiger partial charge in [-0.05, 0) is 18.2 Å². The van der Waals surface area contributed by atoms with Crippen LogP contribution in [0, 0.1) is 24.0 Å². The fourth-order valence-electron chi connectivity index (χ4n) is 1.11. The molecule has 1 aromatic rings. The summed E-state index contributed by atoms with van der Waals surface area (Å²) >= 11 is 0. The number of terminal acetylenes is 1. The van der Waals surface area contributed by atoms with Crippen molar-refractivity contribution >= 4 is 18.2 Å². The largest absolute Gasteiger partial charge is 0.320 e. The standard InChI is InChI=1S/C11H9F2NO.ClH/c1-2-3-10(14)11(15)8-6-7(12)4-5-9(8)13;/h1,4-6,10H,3,14H2;1H. The van der Waals surface area contributed by atoms with Gasteiger partial charge < -0.3 is 5.73 Å². The van der Waals surface area contributed by atoms with Crippen molar-refractivity contribution in [2.45, 2.75) is 12.5 Å². The third-order valence-corrected chi connectivity index (χ3v) is 1.87. The van der Waals surface area contributed by atoms with E-state index < -0.39 is 23.5 Å². The summed E-state index contributed by atoms with van der Waals surface area (Å²) in [5.41, 5.74) is 5.03. The molecule has 1 atom stereocenters. The van der Waals surface area contributed by atoms with Crippen LogP contribution < -0.4 is 5.73 Å².